The highest BCUT2D eigenvalue weighted by molar-refractivity contribution is 7.99. The molecule has 0 spiro atoms. The maximum Gasteiger partial charge on any atom is 0.137 e. The summed E-state index contributed by atoms with van der Waals surface area (Å²) in [6, 6.07) is 9.57. The highest BCUT2D eigenvalue weighted by atomic mass is 32.2. The van der Waals surface area contributed by atoms with Crippen LogP contribution in [0.5, 0.6) is 0 Å². The molecular weight excluding hydrogens is 283 g/mol. The van der Waals surface area contributed by atoms with Crippen LogP contribution in [0.2, 0.25) is 0 Å². The van der Waals surface area contributed by atoms with Crippen molar-refractivity contribution >= 4 is 11.8 Å². The third-order valence-electron chi connectivity index (χ3n) is 3.26. The van der Waals surface area contributed by atoms with E-state index in [9.17, 15) is 4.39 Å². The van der Waals surface area contributed by atoms with Gasteiger partial charge in [-0.05, 0) is 62.7 Å². The van der Waals surface area contributed by atoms with Gasteiger partial charge in [-0.15, -0.1) is 0 Å². The van der Waals surface area contributed by atoms with Crippen LogP contribution in [0.15, 0.2) is 40.3 Å². The molecule has 21 heavy (non-hydrogen) atoms. The van der Waals surface area contributed by atoms with Crippen LogP contribution in [0.3, 0.4) is 0 Å². The zero-order valence-electron chi connectivity index (χ0n) is 12.9. The van der Waals surface area contributed by atoms with Crippen LogP contribution in [0.4, 0.5) is 4.39 Å². The molecule has 2 rings (SSSR count). The number of halogens is 1. The van der Waals surface area contributed by atoms with E-state index in [1.165, 1.54) is 11.8 Å². The summed E-state index contributed by atoms with van der Waals surface area (Å²) >= 11 is 1.37. The van der Waals surface area contributed by atoms with Gasteiger partial charge < -0.3 is 5.32 Å². The molecule has 0 bridgehead atoms. The van der Waals surface area contributed by atoms with E-state index in [4.69, 9.17) is 0 Å². The van der Waals surface area contributed by atoms with Gasteiger partial charge >= 0.3 is 0 Å². The third-order valence-corrected chi connectivity index (χ3v) is 4.22. The topological polar surface area (TPSA) is 24.9 Å². The normalized spacial score (nSPS) is 12.4. The van der Waals surface area contributed by atoms with Crippen molar-refractivity contribution in [1.82, 2.24) is 10.3 Å². The van der Waals surface area contributed by atoms with Gasteiger partial charge in [-0.1, -0.05) is 24.8 Å². The summed E-state index contributed by atoms with van der Waals surface area (Å²) in [5.41, 5.74) is 3.06. The molecule has 112 valence electrons. The quantitative estimate of drug-likeness (QED) is 0.869. The van der Waals surface area contributed by atoms with Gasteiger partial charge in [0.1, 0.15) is 10.8 Å². The van der Waals surface area contributed by atoms with Crippen molar-refractivity contribution in [1.29, 1.82) is 0 Å². The Morgan fingerprint density at radius 3 is 2.62 bits per heavy atom. The number of hydrogen-bond acceptors (Lipinski definition) is 3. The molecule has 2 nitrogen and oxygen atoms in total. The Labute approximate surface area is 130 Å². The van der Waals surface area contributed by atoms with Gasteiger partial charge in [-0.25, -0.2) is 9.37 Å². The summed E-state index contributed by atoms with van der Waals surface area (Å²) in [6.07, 6.45) is 0. The Bertz CT molecular complexity index is 608. The first kappa shape index (κ1) is 16.0. The second-order valence-corrected chi connectivity index (χ2v) is 6.26. The molecule has 4 heteroatoms. The minimum atomic E-state index is -0.191. The zero-order valence-corrected chi connectivity index (χ0v) is 13.7. The molecule has 0 saturated heterocycles. The van der Waals surface area contributed by atoms with Gasteiger partial charge in [0.2, 0.25) is 0 Å². The third kappa shape index (κ3) is 4.29. The maximum atomic E-state index is 14.3. The van der Waals surface area contributed by atoms with Crippen LogP contribution in [-0.4, -0.2) is 11.5 Å². The molecule has 0 aliphatic rings. The first-order chi connectivity index (χ1) is 9.99. The molecule has 0 saturated carbocycles. The summed E-state index contributed by atoms with van der Waals surface area (Å²) in [7, 11) is 0. The standard InChI is InChI=1S/C17H21FN2S/c1-5-19-13(4)14-6-7-16(15(18)10-14)21-17-9-11(2)8-12(3)20-17/h6-10,13,19H,5H2,1-4H3. The molecule has 0 radical (unpaired) electrons. The number of hydrogen-bond donors (Lipinski definition) is 1. The first-order valence-electron chi connectivity index (χ1n) is 7.15. The smallest absolute Gasteiger partial charge is 0.137 e. The molecule has 0 amide bonds. The average Bonchev–Trinajstić information content (AvgIpc) is 2.40. The predicted molar refractivity (Wildman–Crippen MR) is 86.3 cm³/mol. The number of rotatable bonds is 5. The first-order valence-corrected chi connectivity index (χ1v) is 7.97. The molecule has 1 heterocycles. The fourth-order valence-corrected chi connectivity index (χ4v) is 3.21. The molecule has 1 unspecified atom stereocenters. The maximum absolute atomic E-state index is 14.3. The highest BCUT2D eigenvalue weighted by Gasteiger charge is 2.10. The molecule has 0 aliphatic heterocycles. The average molecular weight is 304 g/mol. The fraction of sp³-hybridized carbons (Fsp3) is 0.353. The van der Waals surface area contributed by atoms with Gasteiger partial charge in [-0.2, -0.15) is 0 Å². The predicted octanol–water partition coefficient (Wildman–Crippen LogP) is 4.66. The molecule has 2 aromatic rings. The second-order valence-electron chi connectivity index (χ2n) is 5.20. The van der Waals surface area contributed by atoms with Crippen molar-refractivity contribution in [2.24, 2.45) is 0 Å². The van der Waals surface area contributed by atoms with Crippen LogP contribution < -0.4 is 5.32 Å². The van der Waals surface area contributed by atoms with E-state index in [1.807, 2.05) is 52.0 Å². The van der Waals surface area contributed by atoms with Crippen LogP contribution in [0.1, 0.15) is 36.7 Å². The van der Waals surface area contributed by atoms with Gasteiger partial charge in [0.25, 0.3) is 0 Å². The van der Waals surface area contributed by atoms with E-state index >= 15 is 0 Å². The number of benzene rings is 1. The fourth-order valence-electron chi connectivity index (χ4n) is 2.26. The van der Waals surface area contributed by atoms with Crippen LogP contribution in [0, 0.1) is 19.7 Å². The van der Waals surface area contributed by atoms with Crippen molar-refractivity contribution in [3.63, 3.8) is 0 Å². The van der Waals surface area contributed by atoms with Crippen molar-refractivity contribution in [2.75, 3.05) is 6.54 Å². The lowest BCUT2D eigenvalue weighted by Crippen LogP contribution is -2.17. The lowest BCUT2D eigenvalue weighted by Gasteiger charge is -2.13. The Balaban J connectivity index is 2.21. The number of aromatic nitrogens is 1. The van der Waals surface area contributed by atoms with Gasteiger partial charge in [0.05, 0.1) is 0 Å². The zero-order chi connectivity index (χ0) is 15.4. The van der Waals surface area contributed by atoms with E-state index in [0.29, 0.717) is 4.90 Å². The summed E-state index contributed by atoms with van der Waals surface area (Å²) in [4.78, 5) is 5.05. The summed E-state index contributed by atoms with van der Waals surface area (Å²) < 4.78 is 14.3. The van der Waals surface area contributed by atoms with E-state index in [2.05, 4.69) is 10.3 Å². The van der Waals surface area contributed by atoms with Gasteiger partial charge in [0.15, 0.2) is 0 Å². The van der Waals surface area contributed by atoms with E-state index < -0.39 is 0 Å². The lowest BCUT2D eigenvalue weighted by atomic mass is 10.1. The number of nitrogens with zero attached hydrogens (tertiary/aromatic N) is 1. The van der Waals surface area contributed by atoms with Crippen LogP contribution in [-0.2, 0) is 0 Å². The number of nitrogens with one attached hydrogen (secondary N) is 1. The minimum absolute atomic E-state index is 0.155. The monoisotopic (exact) mass is 304 g/mol. The molecule has 1 N–H and O–H groups in total. The van der Waals surface area contributed by atoms with Crippen molar-refractivity contribution < 1.29 is 4.39 Å². The largest absolute Gasteiger partial charge is 0.310 e. The van der Waals surface area contributed by atoms with Crippen LogP contribution >= 0.6 is 11.8 Å². The molecule has 1 atom stereocenters. The lowest BCUT2D eigenvalue weighted by molar-refractivity contribution is 0.572. The van der Waals surface area contributed by atoms with Crippen molar-refractivity contribution in [2.45, 2.75) is 43.7 Å². The molecular formula is C17H21FN2S. The molecule has 0 aliphatic carbocycles. The summed E-state index contributed by atoms with van der Waals surface area (Å²) in [5, 5.41) is 4.12. The van der Waals surface area contributed by atoms with E-state index in [0.717, 1.165) is 28.4 Å². The molecule has 0 fully saturated rings. The van der Waals surface area contributed by atoms with E-state index in [-0.39, 0.29) is 11.9 Å². The van der Waals surface area contributed by atoms with Crippen molar-refractivity contribution in [3.8, 4) is 0 Å². The number of aryl methyl sites for hydroxylation is 2. The van der Waals surface area contributed by atoms with Crippen molar-refractivity contribution in [3.05, 3.63) is 53.0 Å². The Morgan fingerprint density at radius 1 is 1.24 bits per heavy atom. The summed E-state index contributed by atoms with van der Waals surface area (Å²) in [6.45, 7) is 8.93. The SMILES string of the molecule is CCNC(C)c1ccc(Sc2cc(C)cc(C)n2)c(F)c1. The Morgan fingerprint density at radius 2 is 2.00 bits per heavy atom. The summed E-state index contributed by atoms with van der Waals surface area (Å²) in [5.74, 6) is -0.191. The number of pyridine rings is 1. The highest BCUT2D eigenvalue weighted by Crippen LogP contribution is 2.30. The van der Waals surface area contributed by atoms with Gasteiger partial charge in [0, 0.05) is 16.6 Å². The molecule has 1 aromatic heterocycles. The second kappa shape index (κ2) is 7.05. The minimum Gasteiger partial charge on any atom is -0.310 e. The van der Waals surface area contributed by atoms with E-state index in [1.54, 1.807) is 6.07 Å². The van der Waals surface area contributed by atoms with Crippen LogP contribution in [0.25, 0.3) is 0 Å². The Kier molecular flexibility index (Phi) is 5.37. The molecule has 1 aromatic carbocycles. The van der Waals surface area contributed by atoms with Gasteiger partial charge in [-0.3, -0.25) is 0 Å². The Hall–Kier alpha value is -1.39.